The van der Waals surface area contributed by atoms with E-state index in [1.54, 1.807) is 11.8 Å². The first-order valence-corrected chi connectivity index (χ1v) is 8.84. The smallest absolute Gasteiger partial charge is 0.338 e. The number of aldehydes is 1. The monoisotopic (exact) mass is 357 g/mol. The molecule has 0 spiro atoms. The van der Waals surface area contributed by atoms with Gasteiger partial charge in [-0.1, -0.05) is 30.3 Å². The van der Waals surface area contributed by atoms with Gasteiger partial charge in [-0.05, 0) is 36.4 Å². The van der Waals surface area contributed by atoms with E-state index in [1.165, 1.54) is 29.2 Å². The van der Waals surface area contributed by atoms with Crippen molar-refractivity contribution in [2.75, 3.05) is 18.9 Å². The number of thioether (sulfide) groups is 1. The van der Waals surface area contributed by atoms with Gasteiger partial charge in [0.25, 0.3) is 5.91 Å². The van der Waals surface area contributed by atoms with Gasteiger partial charge in [-0.15, -0.1) is 11.8 Å². The number of ether oxygens (including phenoxy) is 1. The minimum atomic E-state index is -0.591. The van der Waals surface area contributed by atoms with Gasteiger partial charge in [-0.25, -0.2) is 4.79 Å². The van der Waals surface area contributed by atoms with Crippen LogP contribution < -0.4 is 5.32 Å². The highest BCUT2D eigenvalue weighted by Crippen LogP contribution is 2.17. The molecule has 0 aliphatic rings. The molecule has 2 aromatic carbocycles. The highest BCUT2D eigenvalue weighted by molar-refractivity contribution is 7.99. The summed E-state index contributed by atoms with van der Waals surface area (Å²) in [6, 6.07) is 16.1. The lowest BCUT2D eigenvalue weighted by Gasteiger charge is -2.07. The molecule has 0 aliphatic carbocycles. The Hall–Kier alpha value is -2.60. The number of rotatable bonds is 9. The standard InChI is InChI=1S/C19H19NO4S/c21-13-15-7-9-16(10-8-15)19(23)24-14-18(22)20-11-4-12-25-17-5-2-1-3-6-17/h1-3,5-10,13H,4,11-12,14H2,(H,20,22). The fourth-order valence-corrected chi connectivity index (χ4v) is 2.84. The molecule has 2 rings (SSSR count). The molecule has 25 heavy (non-hydrogen) atoms. The largest absolute Gasteiger partial charge is 0.452 e. The lowest BCUT2D eigenvalue weighted by molar-refractivity contribution is -0.124. The molecule has 2 aromatic rings. The SMILES string of the molecule is O=Cc1ccc(C(=O)OCC(=O)NCCCSc2ccccc2)cc1. The average molecular weight is 357 g/mol. The Morgan fingerprint density at radius 3 is 2.44 bits per heavy atom. The molecule has 0 saturated carbocycles. The summed E-state index contributed by atoms with van der Waals surface area (Å²) in [5, 5.41) is 2.72. The van der Waals surface area contributed by atoms with Crippen molar-refractivity contribution in [2.45, 2.75) is 11.3 Å². The zero-order chi connectivity index (χ0) is 17.9. The second-order valence-electron chi connectivity index (χ2n) is 5.18. The summed E-state index contributed by atoms with van der Waals surface area (Å²) in [5.41, 5.74) is 0.778. The van der Waals surface area contributed by atoms with Crippen molar-refractivity contribution in [3.63, 3.8) is 0 Å². The van der Waals surface area contributed by atoms with Crippen LogP contribution in [0.25, 0.3) is 0 Å². The summed E-state index contributed by atoms with van der Waals surface area (Å²) in [5.74, 6) is -0.0255. The van der Waals surface area contributed by atoms with Crippen LogP contribution in [0.5, 0.6) is 0 Å². The zero-order valence-corrected chi connectivity index (χ0v) is 14.5. The van der Waals surface area contributed by atoms with Crippen molar-refractivity contribution in [2.24, 2.45) is 0 Å². The number of carbonyl (C=O) groups excluding carboxylic acids is 3. The van der Waals surface area contributed by atoms with Crippen molar-refractivity contribution in [3.8, 4) is 0 Å². The van der Waals surface area contributed by atoms with Gasteiger partial charge in [-0.3, -0.25) is 9.59 Å². The second kappa shape index (κ2) is 10.3. The van der Waals surface area contributed by atoms with Crippen molar-refractivity contribution in [1.29, 1.82) is 0 Å². The normalized spacial score (nSPS) is 10.1. The Labute approximate surface area is 150 Å². The molecular formula is C19H19NO4S. The van der Waals surface area contributed by atoms with Crippen molar-refractivity contribution in [3.05, 3.63) is 65.7 Å². The molecule has 0 atom stereocenters. The Balaban J connectivity index is 1.60. The number of hydrogen-bond acceptors (Lipinski definition) is 5. The van der Waals surface area contributed by atoms with E-state index in [9.17, 15) is 14.4 Å². The van der Waals surface area contributed by atoms with Crippen LogP contribution in [0, 0.1) is 0 Å². The summed E-state index contributed by atoms with van der Waals surface area (Å²) >= 11 is 1.73. The summed E-state index contributed by atoms with van der Waals surface area (Å²) < 4.78 is 4.95. The second-order valence-corrected chi connectivity index (χ2v) is 6.35. The zero-order valence-electron chi connectivity index (χ0n) is 13.6. The van der Waals surface area contributed by atoms with Gasteiger partial charge >= 0.3 is 5.97 Å². The average Bonchev–Trinajstić information content (AvgIpc) is 2.66. The third-order valence-corrected chi connectivity index (χ3v) is 4.37. The topological polar surface area (TPSA) is 72.5 Å². The van der Waals surface area contributed by atoms with E-state index < -0.39 is 5.97 Å². The van der Waals surface area contributed by atoms with Crippen LogP contribution in [0.2, 0.25) is 0 Å². The number of nitrogens with one attached hydrogen (secondary N) is 1. The molecule has 1 amide bonds. The van der Waals surface area contributed by atoms with Crippen LogP contribution in [0.1, 0.15) is 27.1 Å². The lowest BCUT2D eigenvalue weighted by Crippen LogP contribution is -2.29. The van der Waals surface area contributed by atoms with Gasteiger partial charge in [0.2, 0.25) is 0 Å². The maximum Gasteiger partial charge on any atom is 0.338 e. The number of carbonyl (C=O) groups is 3. The van der Waals surface area contributed by atoms with Crippen LogP contribution >= 0.6 is 11.8 Å². The molecule has 5 nitrogen and oxygen atoms in total. The Morgan fingerprint density at radius 1 is 1.04 bits per heavy atom. The molecule has 0 fully saturated rings. The quantitative estimate of drug-likeness (QED) is 0.323. The number of benzene rings is 2. The van der Waals surface area contributed by atoms with E-state index in [1.807, 2.05) is 30.3 Å². The Morgan fingerprint density at radius 2 is 1.76 bits per heavy atom. The van der Waals surface area contributed by atoms with Crippen LogP contribution in [0.3, 0.4) is 0 Å². The molecule has 0 aliphatic heterocycles. The van der Waals surface area contributed by atoms with E-state index >= 15 is 0 Å². The minimum absolute atomic E-state index is 0.303. The molecule has 130 valence electrons. The summed E-state index contributed by atoms with van der Waals surface area (Å²) in [4.78, 5) is 35.2. The first-order valence-electron chi connectivity index (χ1n) is 7.86. The Kier molecular flexibility index (Phi) is 7.72. The van der Waals surface area contributed by atoms with Crippen LogP contribution in [0.15, 0.2) is 59.5 Å². The maximum absolute atomic E-state index is 11.8. The fraction of sp³-hybridized carbons (Fsp3) is 0.211. The van der Waals surface area contributed by atoms with E-state index in [0.717, 1.165) is 12.2 Å². The highest BCUT2D eigenvalue weighted by Gasteiger charge is 2.09. The van der Waals surface area contributed by atoms with E-state index in [0.29, 0.717) is 24.0 Å². The van der Waals surface area contributed by atoms with Crippen LogP contribution in [0.4, 0.5) is 0 Å². The van der Waals surface area contributed by atoms with E-state index in [2.05, 4.69) is 5.32 Å². The fourth-order valence-electron chi connectivity index (χ4n) is 1.97. The van der Waals surface area contributed by atoms with Crippen LogP contribution in [-0.2, 0) is 9.53 Å². The number of esters is 1. The molecule has 0 bridgehead atoms. The van der Waals surface area contributed by atoms with Gasteiger partial charge in [0, 0.05) is 17.0 Å². The third kappa shape index (κ3) is 6.81. The molecule has 0 heterocycles. The van der Waals surface area contributed by atoms with Gasteiger partial charge < -0.3 is 10.1 Å². The highest BCUT2D eigenvalue weighted by atomic mass is 32.2. The predicted molar refractivity (Wildman–Crippen MR) is 96.9 cm³/mol. The minimum Gasteiger partial charge on any atom is -0.452 e. The third-order valence-electron chi connectivity index (χ3n) is 3.27. The van der Waals surface area contributed by atoms with Crippen molar-refractivity contribution >= 4 is 29.9 Å². The Bertz CT molecular complexity index is 701. The summed E-state index contributed by atoms with van der Waals surface area (Å²) in [6.07, 6.45) is 1.52. The first-order chi connectivity index (χ1) is 12.2. The van der Waals surface area contributed by atoms with Crippen molar-refractivity contribution in [1.82, 2.24) is 5.32 Å². The van der Waals surface area contributed by atoms with E-state index in [4.69, 9.17) is 4.74 Å². The van der Waals surface area contributed by atoms with Gasteiger partial charge in [0.05, 0.1) is 5.56 Å². The molecule has 6 heteroatoms. The molecule has 0 aromatic heterocycles. The lowest BCUT2D eigenvalue weighted by atomic mass is 10.1. The first kappa shape index (κ1) is 18.7. The van der Waals surface area contributed by atoms with E-state index in [-0.39, 0.29) is 12.5 Å². The van der Waals surface area contributed by atoms with Gasteiger partial charge in [0.1, 0.15) is 6.29 Å². The summed E-state index contributed by atoms with van der Waals surface area (Å²) in [6.45, 7) is 0.213. The number of hydrogen-bond donors (Lipinski definition) is 1. The van der Waals surface area contributed by atoms with Crippen molar-refractivity contribution < 1.29 is 19.1 Å². The van der Waals surface area contributed by atoms with Gasteiger partial charge in [0.15, 0.2) is 6.61 Å². The summed E-state index contributed by atoms with van der Waals surface area (Å²) in [7, 11) is 0. The van der Waals surface area contributed by atoms with Gasteiger partial charge in [-0.2, -0.15) is 0 Å². The predicted octanol–water partition coefficient (Wildman–Crippen LogP) is 2.95. The molecule has 0 saturated heterocycles. The molecule has 0 unspecified atom stereocenters. The maximum atomic E-state index is 11.8. The molecule has 1 N–H and O–H groups in total. The number of amides is 1. The van der Waals surface area contributed by atoms with Crippen LogP contribution in [-0.4, -0.2) is 37.1 Å². The molecular weight excluding hydrogens is 338 g/mol. The molecule has 0 radical (unpaired) electrons.